The quantitative estimate of drug-likeness (QED) is 0.195. The van der Waals surface area contributed by atoms with Crippen molar-refractivity contribution in [3.8, 4) is 56.5 Å². The number of benzene rings is 4. The van der Waals surface area contributed by atoms with Gasteiger partial charge in [0.25, 0.3) is 0 Å². The molecule has 5 nitrogen and oxygen atoms in total. The zero-order valence-corrected chi connectivity index (χ0v) is 23.7. The first-order chi connectivity index (χ1) is 21.8. The van der Waals surface area contributed by atoms with Crippen molar-refractivity contribution in [2.24, 2.45) is 0 Å². The first-order valence-electron chi connectivity index (χ1n) is 14.5. The standard InChI is InChI=1S/C39H25N5/c1-4-12-26(13-5-1)32-22-20-29-19-21-30-31(24-34(27-14-6-2-7-15-27)42-38(30)37(29)41-32)36-25-35(28-16-8-3-9-17-28)43-39(44-36)33-18-10-11-23-40-33/h1-25H. The molecule has 8 aromatic rings. The Labute approximate surface area is 254 Å². The lowest BCUT2D eigenvalue weighted by Gasteiger charge is -2.14. The van der Waals surface area contributed by atoms with Gasteiger partial charge in [0.2, 0.25) is 0 Å². The third-order valence-electron chi connectivity index (χ3n) is 7.74. The van der Waals surface area contributed by atoms with Crippen LogP contribution in [0, 0.1) is 0 Å². The summed E-state index contributed by atoms with van der Waals surface area (Å²) in [5, 5.41) is 2.00. The number of hydrogen-bond acceptors (Lipinski definition) is 5. The van der Waals surface area contributed by atoms with Crippen LogP contribution in [0.15, 0.2) is 152 Å². The molecular weight excluding hydrogens is 538 g/mol. The lowest BCUT2D eigenvalue weighted by molar-refractivity contribution is 1.15. The van der Waals surface area contributed by atoms with E-state index in [4.69, 9.17) is 19.9 Å². The molecule has 44 heavy (non-hydrogen) atoms. The molecule has 0 saturated heterocycles. The Kier molecular flexibility index (Phi) is 6.39. The fraction of sp³-hybridized carbons (Fsp3) is 0. The maximum Gasteiger partial charge on any atom is 0.179 e. The van der Waals surface area contributed by atoms with E-state index in [1.54, 1.807) is 6.20 Å². The van der Waals surface area contributed by atoms with Crippen molar-refractivity contribution in [1.82, 2.24) is 24.9 Å². The summed E-state index contributed by atoms with van der Waals surface area (Å²) in [4.78, 5) is 25.0. The van der Waals surface area contributed by atoms with Crippen LogP contribution in [-0.2, 0) is 0 Å². The highest BCUT2D eigenvalue weighted by Gasteiger charge is 2.17. The molecule has 5 heteroatoms. The predicted molar refractivity (Wildman–Crippen MR) is 178 cm³/mol. The zero-order valence-electron chi connectivity index (χ0n) is 23.7. The highest BCUT2D eigenvalue weighted by Crippen LogP contribution is 2.37. The summed E-state index contributed by atoms with van der Waals surface area (Å²) < 4.78 is 0. The average Bonchev–Trinajstić information content (AvgIpc) is 3.12. The van der Waals surface area contributed by atoms with Gasteiger partial charge in [-0.1, -0.05) is 115 Å². The van der Waals surface area contributed by atoms with Gasteiger partial charge in [0.15, 0.2) is 5.82 Å². The highest BCUT2D eigenvalue weighted by atomic mass is 14.9. The molecule has 0 fully saturated rings. The SMILES string of the molecule is c1ccc(-c2cc(-c3cc(-c4ccccc4)nc4c3ccc3ccc(-c5ccccc5)nc34)nc(-c3ccccn3)n2)cc1. The van der Waals surface area contributed by atoms with Gasteiger partial charge in [-0.3, -0.25) is 4.98 Å². The summed E-state index contributed by atoms with van der Waals surface area (Å²) >= 11 is 0. The lowest BCUT2D eigenvalue weighted by atomic mass is 9.98. The number of fused-ring (bicyclic) bond motifs is 3. The normalized spacial score (nSPS) is 11.2. The van der Waals surface area contributed by atoms with Crippen LogP contribution >= 0.6 is 0 Å². The Balaban J connectivity index is 1.44. The van der Waals surface area contributed by atoms with Gasteiger partial charge >= 0.3 is 0 Å². The predicted octanol–water partition coefficient (Wildman–Crippen LogP) is 9.30. The summed E-state index contributed by atoms with van der Waals surface area (Å²) in [5.74, 6) is 0.568. The van der Waals surface area contributed by atoms with E-state index in [1.165, 1.54) is 0 Å². The van der Waals surface area contributed by atoms with Gasteiger partial charge in [0.1, 0.15) is 5.69 Å². The minimum absolute atomic E-state index is 0.568. The van der Waals surface area contributed by atoms with Gasteiger partial charge in [-0.2, -0.15) is 0 Å². The highest BCUT2D eigenvalue weighted by molar-refractivity contribution is 6.09. The third kappa shape index (κ3) is 4.76. The van der Waals surface area contributed by atoms with Gasteiger partial charge in [-0.05, 0) is 30.3 Å². The molecule has 0 aliphatic heterocycles. The zero-order chi connectivity index (χ0) is 29.3. The second-order valence-corrected chi connectivity index (χ2v) is 10.6. The molecule has 4 aromatic carbocycles. The van der Waals surface area contributed by atoms with Gasteiger partial charge in [-0.25, -0.2) is 19.9 Å². The van der Waals surface area contributed by atoms with E-state index in [0.717, 1.165) is 66.8 Å². The van der Waals surface area contributed by atoms with Crippen LogP contribution in [0.1, 0.15) is 0 Å². The number of rotatable bonds is 5. The third-order valence-corrected chi connectivity index (χ3v) is 7.74. The second kappa shape index (κ2) is 11.0. The van der Waals surface area contributed by atoms with Crippen molar-refractivity contribution >= 4 is 21.8 Å². The molecule has 8 rings (SSSR count). The van der Waals surface area contributed by atoms with Gasteiger partial charge in [0, 0.05) is 39.2 Å². The molecule has 0 unspecified atom stereocenters. The van der Waals surface area contributed by atoms with Crippen LogP contribution in [0.4, 0.5) is 0 Å². The Morgan fingerprint density at radius 2 is 0.932 bits per heavy atom. The minimum Gasteiger partial charge on any atom is -0.253 e. The summed E-state index contributed by atoms with van der Waals surface area (Å²) in [5.41, 5.74) is 9.83. The molecule has 0 bridgehead atoms. The topological polar surface area (TPSA) is 64.5 Å². The van der Waals surface area contributed by atoms with Crippen LogP contribution in [0.5, 0.6) is 0 Å². The molecule has 4 heterocycles. The molecule has 0 radical (unpaired) electrons. The molecule has 0 N–H and O–H groups in total. The maximum atomic E-state index is 5.24. The molecule has 4 aromatic heterocycles. The molecule has 0 aliphatic rings. The number of pyridine rings is 3. The number of aromatic nitrogens is 5. The molecule has 0 aliphatic carbocycles. The second-order valence-electron chi connectivity index (χ2n) is 10.6. The Hall–Kier alpha value is -6.07. The molecule has 0 atom stereocenters. The summed E-state index contributed by atoms with van der Waals surface area (Å²) in [7, 11) is 0. The first kappa shape index (κ1) is 25.6. The van der Waals surface area contributed by atoms with Gasteiger partial charge < -0.3 is 0 Å². The smallest absolute Gasteiger partial charge is 0.179 e. The number of nitrogens with zero attached hydrogens (tertiary/aromatic N) is 5. The van der Waals surface area contributed by atoms with Crippen molar-refractivity contribution < 1.29 is 0 Å². The van der Waals surface area contributed by atoms with Crippen LogP contribution in [0.25, 0.3) is 78.4 Å². The Bertz CT molecular complexity index is 2200. The van der Waals surface area contributed by atoms with Crippen LogP contribution < -0.4 is 0 Å². The van der Waals surface area contributed by atoms with Crippen LogP contribution in [-0.4, -0.2) is 24.9 Å². The first-order valence-corrected chi connectivity index (χ1v) is 14.5. The fourth-order valence-corrected chi connectivity index (χ4v) is 5.56. The van der Waals surface area contributed by atoms with E-state index >= 15 is 0 Å². The molecule has 206 valence electrons. The molecule has 0 amide bonds. The van der Waals surface area contributed by atoms with Crippen molar-refractivity contribution in [2.45, 2.75) is 0 Å². The minimum atomic E-state index is 0.568. The molecular formula is C39H25N5. The molecule has 0 spiro atoms. The van der Waals surface area contributed by atoms with Gasteiger partial charge in [0.05, 0.1) is 33.8 Å². The lowest BCUT2D eigenvalue weighted by Crippen LogP contribution is -1.99. The summed E-state index contributed by atoms with van der Waals surface area (Å²) in [6.07, 6.45) is 1.77. The van der Waals surface area contributed by atoms with E-state index in [9.17, 15) is 0 Å². The van der Waals surface area contributed by atoms with Crippen molar-refractivity contribution in [3.63, 3.8) is 0 Å². The summed E-state index contributed by atoms with van der Waals surface area (Å²) in [6.45, 7) is 0. The van der Waals surface area contributed by atoms with Crippen molar-refractivity contribution in [3.05, 3.63) is 152 Å². The van der Waals surface area contributed by atoms with E-state index < -0.39 is 0 Å². The van der Waals surface area contributed by atoms with Crippen molar-refractivity contribution in [1.29, 1.82) is 0 Å². The van der Waals surface area contributed by atoms with E-state index in [2.05, 4.69) is 77.8 Å². The van der Waals surface area contributed by atoms with E-state index in [0.29, 0.717) is 11.5 Å². The van der Waals surface area contributed by atoms with E-state index in [-0.39, 0.29) is 0 Å². The molecule has 0 saturated carbocycles. The monoisotopic (exact) mass is 563 g/mol. The Morgan fingerprint density at radius 3 is 1.59 bits per heavy atom. The Morgan fingerprint density at radius 1 is 0.364 bits per heavy atom. The maximum absolute atomic E-state index is 5.24. The largest absolute Gasteiger partial charge is 0.253 e. The summed E-state index contributed by atoms with van der Waals surface area (Å²) in [6, 6.07) is 49.1. The van der Waals surface area contributed by atoms with Crippen LogP contribution in [0.3, 0.4) is 0 Å². The van der Waals surface area contributed by atoms with Crippen molar-refractivity contribution in [2.75, 3.05) is 0 Å². The number of hydrogen-bond donors (Lipinski definition) is 0. The van der Waals surface area contributed by atoms with Gasteiger partial charge in [-0.15, -0.1) is 0 Å². The average molecular weight is 564 g/mol. The van der Waals surface area contributed by atoms with E-state index in [1.807, 2.05) is 72.8 Å². The van der Waals surface area contributed by atoms with Crippen LogP contribution in [0.2, 0.25) is 0 Å². The fourth-order valence-electron chi connectivity index (χ4n) is 5.56.